The number of esters is 1. The van der Waals surface area contributed by atoms with Gasteiger partial charge in [-0.1, -0.05) is 13.3 Å². The van der Waals surface area contributed by atoms with E-state index < -0.39 is 6.04 Å². The fraction of sp³-hybridized carbons (Fsp3) is 0.867. The molecule has 0 aromatic rings. The van der Waals surface area contributed by atoms with Gasteiger partial charge in [-0.2, -0.15) is 11.8 Å². The molecule has 1 rings (SSSR count). The van der Waals surface area contributed by atoms with Crippen LogP contribution < -0.4 is 10.6 Å². The summed E-state index contributed by atoms with van der Waals surface area (Å²) in [4.78, 5) is 24.5. The van der Waals surface area contributed by atoms with Gasteiger partial charge in [-0.05, 0) is 51.2 Å². The molecule has 0 spiro atoms. The monoisotopic (exact) mass is 316 g/mol. The summed E-state index contributed by atoms with van der Waals surface area (Å²) in [6.07, 6.45) is 4.40. The van der Waals surface area contributed by atoms with E-state index in [4.69, 9.17) is 4.74 Å². The van der Waals surface area contributed by atoms with Crippen molar-refractivity contribution < 1.29 is 14.3 Å². The van der Waals surface area contributed by atoms with Gasteiger partial charge in [0.15, 0.2) is 0 Å². The molecule has 0 bridgehead atoms. The highest BCUT2D eigenvalue weighted by Crippen LogP contribution is 2.19. The van der Waals surface area contributed by atoms with E-state index in [2.05, 4.69) is 17.6 Å². The molecule has 21 heavy (non-hydrogen) atoms. The average Bonchev–Trinajstić information content (AvgIpc) is 2.90. The van der Waals surface area contributed by atoms with E-state index in [1.165, 1.54) is 0 Å². The molecule has 0 aromatic heterocycles. The first kappa shape index (κ1) is 18.3. The van der Waals surface area contributed by atoms with Crippen molar-refractivity contribution in [3.05, 3.63) is 0 Å². The Balaban J connectivity index is 2.62. The first-order valence-corrected chi connectivity index (χ1v) is 9.12. The number of ether oxygens (including phenoxy) is 1. The Kier molecular flexibility index (Phi) is 8.11. The van der Waals surface area contributed by atoms with Crippen molar-refractivity contribution in [2.45, 2.75) is 58.2 Å². The summed E-state index contributed by atoms with van der Waals surface area (Å²) < 4.78 is 5.24. The van der Waals surface area contributed by atoms with Crippen molar-refractivity contribution in [2.24, 2.45) is 5.92 Å². The van der Waals surface area contributed by atoms with Crippen LogP contribution in [0.5, 0.6) is 0 Å². The molecule has 5 nitrogen and oxygen atoms in total. The SMILES string of the molecule is CC[C@H]1CCN[C@@H]1C(=O)N[C@@H](CCSC)C(=O)OC(C)C. The van der Waals surface area contributed by atoms with Crippen LogP contribution >= 0.6 is 11.8 Å². The molecule has 1 heterocycles. The van der Waals surface area contributed by atoms with Gasteiger partial charge in [0.25, 0.3) is 0 Å². The zero-order valence-electron chi connectivity index (χ0n) is 13.5. The molecule has 0 aliphatic carbocycles. The second-order valence-electron chi connectivity index (χ2n) is 5.72. The predicted molar refractivity (Wildman–Crippen MR) is 86.3 cm³/mol. The normalized spacial score (nSPS) is 23.1. The molecule has 2 N–H and O–H groups in total. The lowest BCUT2D eigenvalue weighted by Gasteiger charge is -2.23. The van der Waals surface area contributed by atoms with E-state index in [0.29, 0.717) is 12.3 Å². The number of amides is 1. The number of rotatable bonds is 8. The molecule has 1 fully saturated rings. The molecule has 1 saturated heterocycles. The van der Waals surface area contributed by atoms with Crippen molar-refractivity contribution in [1.29, 1.82) is 0 Å². The summed E-state index contributed by atoms with van der Waals surface area (Å²) in [6, 6.07) is -0.731. The van der Waals surface area contributed by atoms with Gasteiger partial charge >= 0.3 is 5.97 Å². The quantitative estimate of drug-likeness (QED) is 0.665. The van der Waals surface area contributed by atoms with E-state index in [1.54, 1.807) is 11.8 Å². The Labute approximate surface area is 132 Å². The third-order valence-corrected chi connectivity index (χ3v) is 4.37. The van der Waals surface area contributed by atoms with Crippen LogP contribution in [0.25, 0.3) is 0 Å². The average molecular weight is 316 g/mol. The minimum atomic E-state index is -0.549. The summed E-state index contributed by atoms with van der Waals surface area (Å²) in [5, 5.41) is 6.10. The summed E-state index contributed by atoms with van der Waals surface area (Å²) in [5.74, 6) is 0.755. The smallest absolute Gasteiger partial charge is 0.328 e. The van der Waals surface area contributed by atoms with Crippen molar-refractivity contribution in [3.63, 3.8) is 0 Å². The van der Waals surface area contributed by atoms with Crippen LogP contribution in [0.15, 0.2) is 0 Å². The van der Waals surface area contributed by atoms with E-state index in [-0.39, 0.29) is 24.0 Å². The van der Waals surface area contributed by atoms with Crippen molar-refractivity contribution in [1.82, 2.24) is 10.6 Å². The number of hydrogen-bond donors (Lipinski definition) is 2. The first-order valence-electron chi connectivity index (χ1n) is 7.72. The molecule has 122 valence electrons. The van der Waals surface area contributed by atoms with Gasteiger partial charge in [0.05, 0.1) is 12.1 Å². The van der Waals surface area contributed by atoms with Gasteiger partial charge < -0.3 is 15.4 Å². The summed E-state index contributed by atoms with van der Waals surface area (Å²) in [6.45, 7) is 6.59. The number of carbonyl (C=O) groups is 2. The highest BCUT2D eigenvalue weighted by molar-refractivity contribution is 7.98. The topological polar surface area (TPSA) is 67.4 Å². The Hall–Kier alpha value is -0.750. The van der Waals surface area contributed by atoms with Gasteiger partial charge in [0.1, 0.15) is 6.04 Å². The predicted octanol–water partition coefficient (Wildman–Crippen LogP) is 1.56. The molecule has 3 atom stereocenters. The van der Waals surface area contributed by atoms with Crippen LogP contribution in [0, 0.1) is 5.92 Å². The number of nitrogens with one attached hydrogen (secondary N) is 2. The molecular formula is C15H28N2O3S. The first-order chi connectivity index (χ1) is 9.99. The van der Waals surface area contributed by atoms with E-state index in [1.807, 2.05) is 20.1 Å². The van der Waals surface area contributed by atoms with E-state index in [9.17, 15) is 9.59 Å². The molecule has 0 unspecified atom stereocenters. The minimum absolute atomic E-state index is 0.0776. The Morgan fingerprint density at radius 2 is 2.14 bits per heavy atom. The van der Waals surface area contributed by atoms with Crippen LogP contribution in [-0.2, 0) is 14.3 Å². The van der Waals surface area contributed by atoms with Crippen LogP contribution in [0.4, 0.5) is 0 Å². The Morgan fingerprint density at radius 3 is 2.71 bits per heavy atom. The maximum atomic E-state index is 12.4. The van der Waals surface area contributed by atoms with Gasteiger partial charge in [0, 0.05) is 0 Å². The standard InChI is InChI=1S/C15H28N2O3S/c1-5-11-6-8-16-13(11)14(18)17-12(7-9-21-4)15(19)20-10(2)3/h10-13,16H,5-9H2,1-4H3,(H,17,18)/t11-,12-,13-/m0/s1. The highest BCUT2D eigenvalue weighted by atomic mass is 32.2. The second kappa shape index (κ2) is 9.30. The summed E-state index contributed by atoms with van der Waals surface area (Å²) in [5.41, 5.74) is 0. The van der Waals surface area contributed by atoms with E-state index >= 15 is 0 Å². The Morgan fingerprint density at radius 1 is 1.43 bits per heavy atom. The molecule has 1 amide bonds. The molecule has 0 radical (unpaired) electrons. The highest BCUT2D eigenvalue weighted by Gasteiger charge is 2.33. The third kappa shape index (κ3) is 5.87. The maximum absolute atomic E-state index is 12.4. The molecule has 0 aromatic carbocycles. The summed E-state index contributed by atoms with van der Waals surface area (Å²) in [7, 11) is 0. The van der Waals surface area contributed by atoms with Gasteiger partial charge in [0.2, 0.25) is 5.91 Å². The second-order valence-corrected chi connectivity index (χ2v) is 6.70. The van der Waals surface area contributed by atoms with Crippen molar-refractivity contribution in [3.8, 4) is 0 Å². The van der Waals surface area contributed by atoms with Crippen LogP contribution in [-0.4, -0.2) is 48.6 Å². The lowest BCUT2D eigenvalue weighted by molar-refractivity contribution is -0.151. The lowest BCUT2D eigenvalue weighted by Crippen LogP contribution is -2.51. The molecule has 6 heteroatoms. The lowest BCUT2D eigenvalue weighted by atomic mass is 9.97. The molecule has 1 aliphatic heterocycles. The minimum Gasteiger partial charge on any atom is -0.461 e. The molecule has 0 saturated carbocycles. The fourth-order valence-corrected chi connectivity index (χ4v) is 3.04. The van der Waals surface area contributed by atoms with Crippen LogP contribution in [0.2, 0.25) is 0 Å². The molecule has 1 aliphatic rings. The number of hydrogen-bond acceptors (Lipinski definition) is 5. The number of thioether (sulfide) groups is 1. The third-order valence-electron chi connectivity index (χ3n) is 3.72. The van der Waals surface area contributed by atoms with Crippen molar-refractivity contribution >= 4 is 23.6 Å². The largest absolute Gasteiger partial charge is 0.461 e. The number of carbonyl (C=O) groups excluding carboxylic acids is 2. The van der Waals surface area contributed by atoms with Gasteiger partial charge in [-0.15, -0.1) is 0 Å². The zero-order chi connectivity index (χ0) is 15.8. The van der Waals surface area contributed by atoms with Crippen LogP contribution in [0.1, 0.15) is 40.0 Å². The van der Waals surface area contributed by atoms with Crippen molar-refractivity contribution in [2.75, 3.05) is 18.6 Å². The molecular weight excluding hydrogens is 288 g/mol. The fourth-order valence-electron chi connectivity index (χ4n) is 2.56. The van der Waals surface area contributed by atoms with Gasteiger partial charge in [-0.3, -0.25) is 4.79 Å². The maximum Gasteiger partial charge on any atom is 0.328 e. The van der Waals surface area contributed by atoms with Gasteiger partial charge in [-0.25, -0.2) is 4.79 Å². The zero-order valence-corrected chi connectivity index (χ0v) is 14.3. The van der Waals surface area contributed by atoms with Crippen LogP contribution in [0.3, 0.4) is 0 Å². The van der Waals surface area contributed by atoms with E-state index in [0.717, 1.165) is 25.1 Å². The Bertz CT molecular complexity index is 350. The summed E-state index contributed by atoms with van der Waals surface area (Å²) >= 11 is 1.66.